The Balaban J connectivity index is 1.65. The molecular formula is C19H11N3O2S. The molecule has 1 unspecified atom stereocenters. The van der Waals surface area contributed by atoms with Crippen molar-refractivity contribution < 1.29 is 9.21 Å². The van der Waals surface area contributed by atoms with Crippen LogP contribution in [0.2, 0.25) is 0 Å². The van der Waals surface area contributed by atoms with E-state index in [-0.39, 0.29) is 5.78 Å². The van der Waals surface area contributed by atoms with Gasteiger partial charge in [-0.3, -0.25) is 4.79 Å². The van der Waals surface area contributed by atoms with E-state index in [9.17, 15) is 10.1 Å². The lowest BCUT2D eigenvalue weighted by molar-refractivity contribution is 0.0979. The predicted octanol–water partition coefficient (Wildman–Crippen LogP) is 4.44. The van der Waals surface area contributed by atoms with Crippen molar-refractivity contribution in [2.75, 3.05) is 0 Å². The number of carbonyl (C=O) groups is 1. The Labute approximate surface area is 147 Å². The van der Waals surface area contributed by atoms with Gasteiger partial charge >= 0.3 is 0 Å². The molecular weight excluding hydrogens is 334 g/mol. The zero-order valence-electron chi connectivity index (χ0n) is 12.9. The first-order valence-electron chi connectivity index (χ1n) is 7.54. The Morgan fingerprint density at radius 1 is 1.16 bits per heavy atom. The van der Waals surface area contributed by atoms with E-state index in [0.29, 0.717) is 16.3 Å². The molecule has 0 radical (unpaired) electrons. The van der Waals surface area contributed by atoms with E-state index < -0.39 is 5.92 Å². The Hall–Kier alpha value is -3.30. The number of nitrogens with zero attached hydrogens (tertiary/aromatic N) is 3. The number of benzene rings is 2. The number of fused-ring (bicyclic) bond motifs is 1. The highest BCUT2D eigenvalue weighted by atomic mass is 32.1. The molecule has 0 fully saturated rings. The summed E-state index contributed by atoms with van der Waals surface area (Å²) >= 11 is 1.38. The number of thiazole rings is 1. The van der Waals surface area contributed by atoms with Crippen molar-refractivity contribution in [3.05, 3.63) is 71.7 Å². The van der Waals surface area contributed by atoms with Crippen LogP contribution in [0, 0.1) is 11.3 Å². The fourth-order valence-corrected chi connectivity index (χ4v) is 3.58. The molecule has 0 amide bonds. The van der Waals surface area contributed by atoms with Crippen LogP contribution in [0.5, 0.6) is 0 Å². The highest BCUT2D eigenvalue weighted by Gasteiger charge is 2.25. The largest absolute Gasteiger partial charge is 0.444 e. The summed E-state index contributed by atoms with van der Waals surface area (Å²) in [6, 6.07) is 16.6. The summed E-state index contributed by atoms with van der Waals surface area (Å²) in [4.78, 5) is 21.1. The van der Waals surface area contributed by atoms with Gasteiger partial charge in [0.1, 0.15) is 5.01 Å². The molecule has 25 heavy (non-hydrogen) atoms. The molecule has 5 nitrogen and oxygen atoms in total. The summed E-state index contributed by atoms with van der Waals surface area (Å²) in [7, 11) is 0. The molecule has 4 rings (SSSR count). The maximum absolute atomic E-state index is 12.8. The fraction of sp³-hybridized carbons (Fsp3) is 0.0526. The van der Waals surface area contributed by atoms with Crippen LogP contribution in [0.15, 0.2) is 65.5 Å². The first kappa shape index (κ1) is 15.2. The van der Waals surface area contributed by atoms with Gasteiger partial charge in [0.25, 0.3) is 0 Å². The average Bonchev–Trinajstić information content (AvgIpc) is 3.32. The van der Waals surface area contributed by atoms with Crippen LogP contribution >= 0.6 is 11.3 Å². The van der Waals surface area contributed by atoms with E-state index in [1.54, 1.807) is 30.5 Å². The molecule has 120 valence electrons. The Morgan fingerprint density at radius 3 is 2.64 bits per heavy atom. The summed E-state index contributed by atoms with van der Waals surface area (Å²) in [5.74, 6) is -0.541. The molecule has 2 heterocycles. The maximum atomic E-state index is 12.8. The molecule has 0 aliphatic carbocycles. The van der Waals surface area contributed by atoms with Gasteiger partial charge in [-0.15, -0.1) is 11.3 Å². The van der Waals surface area contributed by atoms with Crippen LogP contribution in [0.1, 0.15) is 21.3 Å². The Morgan fingerprint density at radius 2 is 1.96 bits per heavy atom. The van der Waals surface area contributed by atoms with Crippen LogP contribution in [0.25, 0.3) is 21.5 Å². The van der Waals surface area contributed by atoms with Crippen molar-refractivity contribution in [1.82, 2.24) is 9.97 Å². The van der Waals surface area contributed by atoms with Crippen LogP contribution in [0.4, 0.5) is 0 Å². The van der Waals surface area contributed by atoms with Gasteiger partial charge in [0, 0.05) is 11.1 Å². The minimum atomic E-state index is -0.909. The Kier molecular flexibility index (Phi) is 3.84. The fourth-order valence-electron chi connectivity index (χ4n) is 2.56. The molecule has 2 aromatic heterocycles. The molecule has 0 saturated heterocycles. The molecule has 2 aromatic carbocycles. The number of oxazole rings is 1. The van der Waals surface area contributed by atoms with E-state index in [2.05, 4.69) is 16.0 Å². The zero-order chi connectivity index (χ0) is 17.2. The highest BCUT2D eigenvalue weighted by molar-refractivity contribution is 7.18. The van der Waals surface area contributed by atoms with Crippen LogP contribution in [-0.4, -0.2) is 15.8 Å². The number of rotatable bonds is 4. The van der Waals surface area contributed by atoms with E-state index in [0.717, 1.165) is 15.8 Å². The molecule has 6 heteroatoms. The lowest BCUT2D eigenvalue weighted by Crippen LogP contribution is -2.10. The minimum Gasteiger partial charge on any atom is -0.444 e. The van der Waals surface area contributed by atoms with Gasteiger partial charge in [0.05, 0.1) is 22.5 Å². The first-order valence-corrected chi connectivity index (χ1v) is 8.36. The van der Waals surface area contributed by atoms with Gasteiger partial charge in [-0.2, -0.15) is 5.26 Å². The van der Waals surface area contributed by atoms with Crippen LogP contribution < -0.4 is 0 Å². The van der Waals surface area contributed by atoms with Crippen molar-refractivity contribution >= 4 is 27.3 Å². The van der Waals surface area contributed by atoms with Crippen molar-refractivity contribution in [1.29, 1.82) is 5.26 Å². The minimum absolute atomic E-state index is 0.259. The summed E-state index contributed by atoms with van der Waals surface area (Å²) < 4.78 is 6.20. The number of nitriles is 1. The third-order valence-electron chi connectivity index (χ3n) is 3.83. The maximum Gasteiger partial charge on any atom is 0.186 e. The quantitative estimate of drug-likeness (QED) is 0.511. The summed E-state index contributed by atoms with van der Waals surface area (Å²) in [6.45, 7) is 0. The van der Waals surface area contributed by atoms with Gasteiger partial charge in [-0.05, 0) is 12.1 Å². The lowest BCUT2D eigenvalue weighted by Gasteiger charge is -2.05. The van der Waals surface area contributed by atoms with Crippen LogP contribution in [0.3, 0.4) is 0 Å². The van der Waals surface area contributed by atoms with E-state index in [1.165, 1.54) is 17.7 Å². The number of Topliss-reactive ketones (excluding diaryl/α,β-unsaturated/α-hetero) is 1. The molecule has 0 N–H and O–H groups in total. The van der Waals surface area contributed by atoms with Gasteiger partial charge in [0.15, 0.2) is 23.9 Å². The van der Waals surface area contributed by atoms with Gasteiger partial charge in [-0.1, -0.05) is 36.4 Å². The first-order chi connectivity index (χ1) is 12.3. The average molecular weight is 345 g/mol. The third-order valence-corrected chi connectivity index (χ3v) is 4.94. The molecule has 0 spiro atoms. The van der Waals surface area contributed by atoms with E-state index in [1.807, 2.05) is 24.3 Å². The van der Waals surface area contributed by atoms with E-state index >= 15 is 0 Å². The zero-order valence-corrected chi connectivity index (χ0v) is 13.7. The number of hydrogen-bond donors (Lipinski definition) is 0. The molecule has 0 saturated carbocycles. The SMILES string of the molecule is N#CC(C(=O)c1ccc(-c2cnco2)cc1)c1nc2ccccc2s1. The number of ketones is 1. The van der Waals surface area contributed by atoms with Gasteiger partial charge < -0.3 is 4.42 Å². The summed E-state index contributed by atoms with van der Waals surface area (Å²) in [5.41, 5.74) is 2.09. The van der Waals surface area contributed by atoms with Gasteiger partial charge in [-0.25, -0.2) is 9.97 Å². The normalized spacial score (nSPS) is 12.0. The summed E-state index contributed by atoms with van der Waals surface area (Å²) in [5, 5.41) is 10.0. The molecule has 0 bridgehead atoms. The van der Waals surface area contributed by atoms with Crippen molar-refractivity contribution in [2.24, 2.45) is 0 Å². The Bertz CT molecular complexity index is 1040. The number of hydrogen-bond acceptors (Lipinski definition) is 6. The highest BCUT2D eigenvalue weighted by Crippen LogP contribution is 2.30. The number of aromatic nitrogens is 2. The topological polar surface area (TPSA) is 79.8 Å². The smallest absolute Gasteiger partial charge is 0.186 e. The van der Waals surface area contributed by atoms with Crippen molar-refractivity contribution in [2.45, 2.75) is 5.92 Å². The molecule has 4 aromatic rings. The predicted molar refractivity (Wildman–Crippen MR) is 94.2 cm³/mol. The molecule has 0 aliphatic heterocycles. The lowest BCUT2D eigenvalue weighted by atomic mass is 9.98. The van der Waals surface area contributed by atoms with Gasteiger partial charge in [0.2, 0.25) is 0 Å². The van der Waals surface area contributed by atoms with E-state index in [4.69, 9.17) is 4.42 Å². The van der Waals surface area contributed by atoms with Crippen molar-refractivity contribution in [3.63, 3.8) is 0 Å². The number of para-hydroxylation sites is 1. The number of carbonyl (C=O) groups excluding carboxylic acids is 1. The standard InChI is InChI=1S/C19H11N3O2S/c20-9-14(19-22-15-3-1-2-4-17(15)25-19)18(23)13-7-5-12(6-8-13)16-10-21-11-24-16/h1-8,10-11,14H. The van der Waals surface area contributed by atoms with Crippen molar-refractivity contribution in [3.8, 4) is 17.4 Å². The van der Waals surface area contributed by atoms with Crippen LogP contribution in [-0.2, 0) is 0 Å². The third kappa shape index (κ3) is 2.82. The second-order valence-corrected chi connectivity index (χ2v) is 6.45. The molecule has 0 aliphatic rings. The second-order valence-electron chi connectivity index (χ2n) is 5.39. The monoisotopic (exact) mass is 345 g/mol. The second kappa shape index (κ2) is 6.30. The molecule has 1 atom stereocenters. The summed E-state index contributed by atoms with van der Waals surface area (Å²) in [6.07, 6.45) is 2.96.